The Labute approximate surface area is 130 Å². The minimum atomic E-state index is -0.714. The van der Waals surface area contributed by atoms with E-state index in [4.69, 9.17) is 11.6 Å². The van der Waals surface area contributed by atoms with Crippen molar-refractivity contribution in [1.29, 1.82) is 0 Å². The highest BCUT2D eigenvalue weighted by molar-refractivity contribution is 6.31. The van der Waals surface area contributed by atoms with Gasteiger partial charge >= 0.3 is 5.97 Å². The molecular formula is C17H22ClNO2. The standard InChI is InChI=1S/C17H22ClNO2/c1-19-9-6-12(11-19)14-5-4-13(10-15(14)18)17(16(20)21)7-2-3-8-17/h4-5,10,12H,2-3,6-9,11H2,1H3,(H,20,21). The van der Waals surface area contributed by atoms with E-state index in [-0.39, 0.29) is 0 Å². The summed E-state index contributed by atoms with van der Waals surface area (Å²) < 4.78 is 0. The second-order valence-corrected chi connectivity index (χ2v) is 6.99. The number of rotatable bonds is 3. The summed E-state index contributed by atoms with van der Waals surface area (Å²) in [5, 5.41) is 10.4. The largest absolute Gasteiger partial charge is 0.481 e. The van der Waals surface area contributed by atoms with Crippen LogP contribution in [0.2, 0.25) is 5.02 Å². The molecule has 1 saturated heterocycles. The van der Waals surface area contributed by atoms with E-state index in [2.05, 4.69) is 18.0 Å². The average molecular weight is 308 g/mol. The van der Waals surface area contributed by atoms with Crippen molar-refractivity contribution in [2.45, 2.75) is 43.4 Å². The summed E-state index contributed by atoms with van der Waals surface area (Å²) in [6.07, 6.45) is 4.55. The average Bonchev–Trinajstić information content (AvgIpc) is 3.08. The molecule has 0 amide bonds. The normalized spacial score (nSPS) is 25.3. The van der Waals surface area contributed by atoms with Crippen molar-refractivity contribution in [3.05, 3.63) is 34.3 Å². The van der Waals surface area contributed by atoms with Crippen LogP contribution in [0.3, 0.4) is 0 Å². The van der Waals surface area contributed by atoms with E-state index in [0.29, 0.717) is 5.92 Å². The Kier molecular flexibility index (Phi) is 3.98. The first-order valence-corrected chi connectivity index (χ1v) is 8.12. The number of carbonyl (C=O) groups is 1. The van der Waals surface area contributed by atoms with Gasteiger partial charge in [0.2, 0.25) is 0 Å². The van der Waals surface area contributed by atoms with Crippen molar-refractivity contribution in [2.24, 2.45) is 0 Å². The summed E-state index contributed by atoms with van der Waals surface area (Å²) >= 11 is 6.49. The molecule has 1 aromatic carbocycles. The summed E-state index contributed by atoms with van der Waals surface area (Å²) in [7, 11) is 2.13. The molecule has 1 heterocycles. The number of hydrogen-bond donors (Lipinski definition) is 1. The van der Waals surface area contributed by atoms with E-state index < -0.39 is 11.4 Å². The number of carboxylic acids is 1. The lowest BCUT2D eigenvalue weighted by atomic mass is 9.78. The van der Waals surface area contributed by atoms with E-state index >= 15 is 0 Å². The highest BCUT2D eigenvalue weighted by Gasteiger charge is 2.43. The molecule has 0 spiro atoms. The summed E-state index contributed by atoms with van der Waals surface area (Å²) in [6.45, 7) is 2.13. The van der Waals surface area contributed by atoms with Gasteiger partial charge in [0.05, 0.1) is 5.41 Å². The molecule has 21 heavy (non-hydrogen) atoms. The van der Waals surface area contributed by atoms with Crippen molar-refractivity contribution >= 4 is 17.6 Å². The van der Waals surface area contributed by atoms with Crippen molar-refractivity contribution in [2.75, 3.05) is 20.1 Å². The van der Waals surface area contributed by atoms with Crippen molar-refractivity contribution in [3.8, 4) is 0 Å². The Morgan fingerprint density at radius 1 is 1.38 bits per heavy atom. The molecule has 1 aliphatic heterocycles. The van der Waals surface area contributed by atoms with E-state index in [1.807, 2.05) is 12.1 Å². The number of aliphatic carboxylic acids is 1. The zero-order valence-corrected chi connectivity index (χ0v) is 13.2. The highest BCUT2D eigenvalue weighted by atomic mass is 35.5. The van der Waals surface area contributed by atoms with Gasteiger partial charge in [-0.3, -0.25) is 4.79 Å². The molecule has 1 unspecified atom stereocenters. The molecule has 1 aliphatic carbocycles. The number of likely N-dealkylation sites (N-methyl/N-ethyl adjacent to an activating group) is 1. The van der Waals surface area contributed by atoms with E-state index in [9.17, 15) is 9.90 Å². The molecule has 114 valence electrons. The molecule has 1 N–H and O–H groups in total. The van der Waals surface area contributed by atoms with Crippen LogP contribution in [-0.2, 0) is 10.2 Å². The van der Waals surface area contributed by atoms with E-state index in [1.54, 1.807) is 0 Å². The maximum Gasteiger partial charge on any atom is 0.314 e. The van der Waals surface area contributed by atoms with Gasteiger partial charge in [0.1, 0.15) is 0 Å². The summed E-state index contributed by atoms with van der Waals surface area (Å²) in [5.74, 6) is -0.231. The van der Waals surface area contributed by atoms with Crippen molar-refractivity contribution in [1.82, 2.24) is 4.90 Å². The molecule has 2 fully saturated rings. The van der Waals surface area contributed by atoms with Gasteiger partial charge in [-0.2, -0.15) is 0 Å². The molecule has 3 rings (SSSR count). The van der Waals surface area contributed by atoms with Gasteiger partial charge in [0.25, 0.3) is 0 Å². The van der Waals surface area contributed by atoms with Crippen LogP contribution >= 0.6 is 11.6 Å². The smallest absolute Gasteiger partial charge is 0.314 e. The van der Waals surface area contributed by atoms with Gasteiger partial charge in [-0.05, 0) is 56.0 Å². The molecule has 1 saturated carbocycles. The topological polar surface area (TPSA) is 40.5 Å². The van der Waals surface area contributed by atoms with Crippen LogP contribution in [-0.4, -0.2) is 36.1 Å². The molecule has 1 aromatic rings. The molecule has 0 bridgehead atoms. The third kappa shape index (κ3) is 2.58. The van der Waals surface area contributed by atoms with Crippen molar-refractivity contribution < 1.29 is 9.90 Å². The van der Waals surface area contributed by atoms with E-state index in [0.717, 1.165) is 55.8 Å². The molecular weight excluding hydrogens is 286 g/mol. The lowest BCUT2D eigenvalue weighted by molar-refractivity contribution is -0.143. The number of hydrogen-bond acceptors (Lipinski definition) is 2. The second kappa shape index (κ2) is 5.62. The Bertz CT molecular complexity index is 552. The zero-order chi connectivity index (χ0) is 15.0. The first-order valence-electron chi connectivity index (χ1n) is 7.75. The van der Waals surface area contributed by atoms with Crippen LogP contribution in [0, 0.1) is 0 Å². The molecule has 0 radical (unpaired) electrons. The van der Waals surface area contributed by atoms with Crippen LogP contribution in [0.15, 0.2) is 18.2 Å². The maximum atomic E-state index is 11.8. The quantitative estimate of drug-likeness (QED) is 0.926. The van der Waals surface area contributed by atoms with Crippen LogP contribution < -0.4 is 0 Å². The summed E-state index contributed by atoms with van der Waals surface area (Å²) in [6, 6.07) is 5.97. The number of nitrogens with zero attached hydrogens (tertiary/aromatic N) is 1. The minimum absolute atomic E-state index is 0.473. The first-order chi connectivity index (χ1) is 10.0. The van der Waals surface area contributed by atoms with Crippen LogP contribution in [0.4, 0.5) is 0 Å². The Morgan fingerprint density at radius 2 is 2.10 bits per heavy atom. The fourth-order valence-corrected chi connectivity index (χ4v) is 4.28. The number of halogens is 1. The SMILES string of the molecule is CN1CCC(c2ccc(C3(C(=O)O)CCCC3)cc2Cl)C1. The molecule has 4 heteroatoms. The third-order valence-corrected chi connectivity index (χ3v) is 5.58. The first kappa shape index (κ1) is 14.9. The Balaban J connectivity index is 1.92. The van der Waals surface area contributed by atoms with Gasteiger partial charge in [-0.1, -0.05) is 36.6 Å². The monoisotopic (exact) mass is 307 g/mol. The zero-order valence-electron chi connectivity index (χ0n) is 12.4. The van der Waals surface area contributed by atoms with Gasteiger partial charge in [0.15, 0.2) is 0 Å². The lowest BCUT2D eigenvalue weighted by Crippen LogP contribution is -2.32. The van der Waals surface area contributed by atoms with Crippen molar-refractivity contribution in [3.63, 3.8) is 0 Å². The highest BCUT2D eigenvalue weighted by Crippen LogP contribution is 2.43. The number of benzene rings is 1. The summed E-state index contributed by atoms with van der Waals surface area (Å²) in [4.78, 5) is 14.1. The predicted molar refractivity (Wildman–Crippen MR) is 84.1 cm³/mol. The van der Waals surface area contributed by atoms with Crippen LogP contribution in [0.1, 0.15) is 49.1 Å². The van der Waals surface area contributed by atoms with Gasteiger partial charge in [-0.15, -0.1) is 0 Å². The number of likely N-dealkylation sites (tertiary alicyclic amines) is 1. The molecule has 2 aliphatic rings. The van der Waals surface area contributed by atoms with E-state index in [1.165, 1.54) is 5.56 Å². The number of carboxylic acid groups (broad SMARTS) is 1. The molecule has 3 nitrogen and oxygen atoms in total. The lowest BCUT2D eigenvalue weighted by Gasteiger charge is -2.25. The van der Waals surface area contributed by atoms with Crippen LogP contribution in [0.5, 0.6) is 0 Å². The predicted octanol–water partition coefficient (Wildman–Crippen LogP) is 3.66. The maximum absolute atomic E-state index is 11.8. The molecule has 1 atom stereocenters. The van der Waals surface area contributed by atoms with Gasteiger partial charge < -0.3 is 10.0 Å². The third-order valence-electron chi connectivity index (χ3n) is 5.25. The molecule has 0 aromatic heterocycles. The Hall–Kier alpha value is -1.06. The van der Waals surface area contributed by atoms with Gasteiger partial charge in [0, 0.05) is 11.6 Å². The minimum Gasteiger partial charge on any atom is -0.481 e. The summed E-state index contributed by atoms with van der Waals surface area (Å²) in [5.41, 5.74) is 1.34. The second-order valence-electron chi connectivity index (χ2n) is 6.58. The fourth-order valence-electron chi connectivity index (χ4n) is 3.95. The fraction of sp³-hybridized carbons (Fsp3) is 0.588. The van der Waals surface area contributed by atoms with Gasteiger partial charge in [-0.25, -0.2) is 0 Å². The Morgan fingerprint density at radius 3 is 2.62 bits per heavy atom. The van der Waals surface area contributed by atoms with Crippen LogP contribution in [0.25, 0.3) is 0 Å².